The molecule has 0 aliphatic heterocycles. The van der Waals surface area contributed by atoms with E-state index in [0.29, 0.717) is 0 Å². The Bertz CT molecular complexity index is 482. The molecular weight excluding hydrogens is 292 g/mol. The molecule has 15 heavy (non-hydrogen) atoms. The lowest BCUT2D eigenvalue weighted by Gasteiger charge is -2.03. The van der Waals surface area contributed by atoms with Crippen molar-refractivity contribution in [1.82, 2.24) is 10.2 Å². The first kappa shape index (κ1) is 11.1. The fourth-order valence-electron chi connectivity index (χ4n) is 1.15. The minimum Gasteiger partial charge on any atom is -0.130 e. The van der Waals surface area contributed by atoms with Crippen LogP contribution in [0.2, 0.25) is 0 Å². The van der Waals surface area contributed by atoms with E-state index in [1.807, 2.05) is 0 Å². The van der Waals surface area contributed by atoms with Crippen molar-refractivity contribution >= 4 is 39.0 Å². The van der Waals surface area contributed by atoms with E-state index in [2.05, 4.69) is 58.2 Å². The number of rotatable bonds is 2. The Labute approximate surface area is 105 Å². The molecule has 0 spiro atoms. The molecule has 1 aromatic heterocycles. The summed E-state index contributed by atoms with van der Waals surface area (Å²) in [5.41, 5.74) is 2.55. The Morgan fingerprint density at radius 3 is 2.73 bits per heavy atom. The Kier molecular flexibility index (Phi) is 3.43. The van der Waals surface area contributed by atoms with E-state index < -0.39 is 0 Å². The van der Waals surface area contributed by atoms with E-state index >= 15 is 0 Å². The standard InChI is InChI=1S/C10H9BrN2S2/c1-6-3-4-7(2)8(5-6)14-10-13-12-9(11)15-10/h3-5H,1-2H3. The maximum absolute atomic E-state index is 4.07. The minimum atomic E-state index is 0.829. The number of nitrogens with zero attached hydrogens (tertiary/aromatic N) is 2. The lowest BCUT2D eigenvalue weighted by molar-refractivity contribution is 0.996. The van der Waals surface area contributed by atoms with E-state index in [1.165, 1.54) is 16.0 Å². The summed E-state index contributed by atoms with van der Waals surface area (Å²) in [6, 6.07) is 6.43. The molecule has 0 saturated heterocycles. The van der Waals surface area contributed by atoms with Crippen LogP contribution in [0.25, 0.3) is 0 Å². The highest BCUT2D eigenvalue weighted by atomic mass is 79.9. The molecule has 2 nitrogen and oxygen atoms in total. The molecular formula is C10H9BrN2S2. The molecule has 0 bridgehead atoms. The van der Waals surface area contributed by atoms with Crippen molar-refractivity contribution in [2.24, 2.45) is 0 Å². The van der Waals surface area contributed by atoms with Crippen LogP contribution in [0.3, 0.4) is 0 Å². The van der Waals surface area contributed by atoms with E-state index in [0.717, 1.165) is 8.26 Å². The smallest absolute Gasteiger partial charge is 0.130 e. The molecule has 0 amide bonds. The third kappa shape index (κ3) is 2.80. The topological polar surface area (TPSA) is 25.8 Å². The summed E-state index contributed by atoms with van der Waals surface area (Å²) < 4.78 is 1.80. The second kappa shape index (κ2) is 4.63. The van der Waals surface area contributed by atoms with Gasteiger partial charge in [-0.15, -0.1) is 10.2 Å². The summed E-state index contributed by atoms with van der Waals surface area (Å²) in [5, 5.41) is 8.00. The Morgan fingerprint density at radius 2 is 2.07 bits per heavy atom. The molecule has 0 unspecified atom stereocenters. The molecule has 0 atom stereocenters. The third-order valence-corrected chi connectivity index (χ3v) is 4.49. The van der Waals surface area contributed by atoms with Crippen molar-refractivity contribution in [1.29, 1.82) is 0 Å². The van der Waals surface area contributed by atoms with Crippen molar-refractivity contribution in [3.8, 4) is 0 Å². The molecule has 0 N–H and O–H groups in total. The molecule has 0 fully saturated rings. The van der Waals surface area contributed by atoms with Crippen LogP contribution in [0.4, 0.5) is 0 Å². The number of aryl methyl sites for hydroxylation is 2. The Hall–Kier alpha value is -0.390. The minimum absolute atomic E-state index is 0.829. The van der Waals surface area contributed by atoms with Crippen molar-refractivity contribution in [2.75, 3.05) is 0 Å². The van der Waals surface area contributed by atoms with Crippen molar-refractivity contribution in [3.05, 3.63) is 33.2 Å². The van der Waals surface area contributed by atoms with Crippen LogP contribution in [-0.2, 0) is 0 Å². The first-order valence-corrected chi connectivity index (χ1v) is 6.82. The average Bonchev–Trinajstić information content (AvgIpc) is 2.58. The highest BCUT2D eigenvalue weighted by Crippen LogP contribution is 2.33. The summed E-state index contributed by atoms with van der Waals surface area (Å²) in [6.45, 7) is 4.21. The summed E-state index contributed by atoms with van der Waals surface area (Å²) in [7, 11) is 0. The van der Waals surface area contributed by atoms with Gasteiger partial charge < -0.3 is 0 Å². The van der Waals surface area contributed by atoms with Crippen LogP contribution in [0.15, 0.2) is 31.4 Å². The summed E-state index contributed by atoms with van der Waals surface area (Å²) in [6.07, 6.45) is 0. The molecule has 78 valence electrons. The van der Waals surface area contributed by atoms with Crippen LogP contribution >= 0.6 is 39.0 Å². The Morgan fingerprint density at radius 1 is 1.27 bits per heavy atom. The highest BCUT2D eigenvalue weighted by Gasteiger charge is 2.06. The fourth-order valence-corrected chi connectivity index (χ4v) is 3.73. The normalized spacial score (nSPS) is 10.6. The van der Waals surface area contributed by atoms with E-state index in [4.69, 9.17) is 0 Å². The largest absolute Gasteiger partial charge is 0.184 e. The lowest BCUT2D eigenvalue weighted by Crippen LogP contribution is -1.81. The zero-order valence-corrected chi connectivity index (χ0v) is 11.5. The predicted molar refractivity (Wildman–Crippen MR) is 67.6 cm³/mol. The molecule has 2 rings (SSSR count). The van der Waals surface area contributed by atoms with Gasteiger partial charge in [0.2, 0.25) is 0 Å². The maximum Gasteiger partial charge on any atom is 0.184 e. The van der Waals surface area contributed by atoms with Crippen LogP contribution in [0.5, 0.6) is 0 Å². The van der Waals surface area contributed by atoms with Gasteiger partial charge in [-0.25, -0.2) is 0 Å². The zero-order valence-electron chi connectivity index (χ0n) is 8.32. The summed E-state index contributed by atoms with van der Waals surface area (Å²) in [4.78, 5) is 1.25. The molecule has 2 aromatic rings. The first-order valence-electron chi connectivity index (χ1n) is 4.39. The number of benzene rings is 1. The van der Waals surface area contributed by atoms with Crippen molar-refractivity contribution in [3.63, 3.8) is 0 Å². The molecule has 0 saturated carbocycles. The van der Waals surface area contributed by atoms with Gasteiger partial charge in [0, 0.05) is 4.90 Å². The zero-order chi connectivity index (χ0) is 10.8. The molecule has 1 aromatic carbocycles. The second-order valence-electron chi connectivity index (χ2n) is 3.19. The average molecular weight is 301 g/mol. The van der Waals surface area contributed by atoms with Crippen molar-refractivity contribution in [2.45, 2.75) is 23.1 Å². The molecule has 0 aliphatic rings. The predicted octanol–water partition coefficient (Wildman–Crippen LogP) is 4.07. The molecule has 0 radical (unpaired) electrons. The van der Waals surface area contributed by atoms with Crippen LogP contribution in [-0.4, -0.2) is 10.2 Å². The molecule has 5 heteroatoms. The fraction of sp³-hybridized carbons (Fsp3) is 0.200. The van der Waals surface area contributed by atoms with Crippen molar-refractivity contribution < 1.29 is 0 Å². The van der Waals surface area contributed by atoms with E-state index in [1.54, 1.807) is 23.1 Å². The van der Waals surface area contributed by atoms with E-state index in [-0.39, 0.29) is 0 Å². The Balaban J connectivity index is 2.27. The monoisotopic (exact) mass is 300 g/mol. The highest BCUT2D eigenvalue weighted by molar-refractivity contribution is 9.11. The SMILES string of the molecule is Cc1ccc(C)c(Sc2nnc(Br)s2)c1. The second-order valence-corrected chi connectivity index (χ2v) is 6.73. The van der Waals surface area contributed by atoms with Gasteiger partial charge in [0.25, 0.3) is 0 Å². The molecule has 1 heterocycles. The van der Waals surface area contributed by atoms with Crippen LogP contribution in [0, 0.1) is 13.8 Å². The van der Waals surface area contributed by atoms with Crippen LogP contribution in [0.1, 0.15) is 11.1 Å². The first-order chi connectivity index (χ1) is 7.15. The number of hydrogen-bond donors (Lipinski definition) is 0. The van der Waals surface area contributed by atoms with Gasteiger partial charge in [0.15, 0.2) is 8.26 Å². The number of aromatic nitrogens is 2. The van der Waals surface area contributed by atoms with Gasteiger partial charge in [0.1, 0.15) is 0 Å². The van der Waals surface area contributed by atoms with Gasteiger partial charge in [-0.1, -0.05) is 35.2 Å². The van der Waals surface area contributed by atoms with Crippen LogP contribution < -0.4 is 0 Å². The summed E-state index contributed by atoms with van der Waals surface area (Å²) in [5.74, 6) is 0. The van der Waals surface area contributed by atoms with Gasteiger partial charge in [-0.2, -0.15) is 0 Å². The molecule has 0 aliphatic carbocycles. The van der Waals surface area contributed by atoms with Gasteiger partial charge >= 0.3 is 0 Å². The van der Waals surface area contributed by atoms with E-state index in [9.17, 15) is 0 Å². The number of hydrogen-bond acceptors (Lipinski definition) is 4. The van der Waals surface area contributed by atoms with Gasteiger partial charge in [0.05, 0.1) is 0 Å². The van der Waals surface area contributed by atoms with Gasteiger partial charge in [-0.3, -0.25) is 0 Å². The van der Waals surface area contributed by atoms with Gasteiger partial charge in [-0.05, 0) is 47.0 Å². The lowest BCUT2D eigenvalue weighted by atomic mass is 10.2. The number of halogens is 1. The quantitative estimate of drug-likeness (QED) is 0.836. The third-order valence-electron chi connectivity index (χ3n) is 1.92. The maximum atomic E-state index is 4.07. The summed E-state index contributed by atoms with van der Waals surface area (Å²) >= 11 is 6.53.